The molecule has 0 saturated heterocycles. The molecule has 1 aliphatic rings. The Morgan fingerprint density at radius 1 is 1.33 bits per heavy atom. The Morgan fingerprint density at radius 3 is 3.08 bits per heavy atom. The van der Waals surface area contributed by atoms with E-state index in [1.54, 1.807) is 0 Å². The Labute approximate surface area is 143 Å². The normalized spacial score (nSPS) is 15.2. The van der Waals surface area contributed by atoms with Crippen molar-refractivity contribution in [2.24, 2.45) is 5.92 Å². The molecule has 1 aliphatic carbocycles. The molecule has 0 bridgehead atoms. The summed E-state index contributed by atoms with van der Waals surface area (Å²) in [5.41, 5.74) is 2.33. The van der Waals surface area contributed by atoms with E-state index < -0.39 is 0 Å². The first-order valence-electron chi connectivity index (χ1n) is 8.33. The fourth-order valence-corrected chi connectivity index (χ4v) is 4.04. The van der Waals surface area contributed by atoms with Crippen molar-refractivity contribution in [1.29, 1.82) is 0 Å². The number of carbonyl (C=O) groups excluding carboxylic acids is 1. The molecule has 0 aliphatic heterocycles. The number of carbonyl (C=O) groups is 1. The second kappa shape index (κ2) is 6.68. The van der Waals surface area contributed by atoms with Gasteiger partial charge in [0.25, 0.3) is 0 Å². The van der Waals surface area contributed by atoms with Crippen LogP contribution in [0.3, 0.4) is 0 Å². The molecule has 0 aromatic carbocycles. The summed E-state index contributed by atoms with van der Waals surface area (Å²) in [6.07, 6.45) is 10.1. The van der Waals surface area contributed by atoms with Crippen molar-refractivity contribution in [3.63, 3.8) is 0 Å². The molecular weight excluding hydrogens is 322 g/mol. The number of fused-ring (bicyclic) bond motifs is 1. The zero-order chi connectivity index (χ0) is 16.4. The highest BCUT2D eigenvalue weighted by atomic mass is 32.1. The van der Waals surface area contributed by atoms with Crippen LogP contribution in [0.5, 0.6) is 0 Å². The first-order valence-corrected chi connectivity index (χ1v) is 9.21. The second-order valence-corrected chi connectivity index (χ2v) is 7.10. The van der Waals surface area contributed by atoms with Crippen LogP contribution in [0, 0.1) is 5.92 Å². The molecule has 124 valence electrons. The van der Waals surface area contributed by atoms with Crippen LogP contribution in [0.2, 0.25) is 0 Å². The molecule has 0 unspecified atom stereocenters. The number of amides is 1. The number of thiazole rings is 1. The van der Waals surface area contributed by atoms with Gasteiger partial charge in [0, 0.05) is 23.4 Å². The largest absolute Gasteiger partial charge is 0.346 e. The van der Waals surface area contributed by atoms with Crippen LogP contribution in [0.1, 0.15) is 38.5 Å². The smallest absolute Gasteiger partial charge is 0.226 e. The Hall–Kier alpha value is -2.28. The van der Waals surface area contributed by atoms with Crippen LogP contribution < -0.4 is 5.32 Å². The van der Waals surface area contributed by atoms with Crippen LogP contribution in [-0.4, -0.2) is 25.8 Å². The third kappa shape index (κ3) is 3.17. The zero-order valence-corrected chi connectivity index (χ0v) is 14.1. The highest BCUT2D eigenvalue weighted by Gasteiger charge is 2.17. The number of aromatic amines is 1. The number of hydrogen-bond acceptors (Lipinski definition) is 5. The van der Waals surface area contributed by atoms with Gasteiger partial charge in [-0.15, -0.1) is 11.3 Å². The number of H-pyrrole nitrogens is 1. The SMILES string of the molecule is O=C(CCC1CCCC1)Nc1nc(-c2ncnc3[nH]ccc23)cs1. The maximum Gasteiger partial charge on any atom is 0.226 e. The minimum Gasteiger partial charge on any atom is -0.346 e. The van der Waals surface area contributed by atoms with E-state index in [1.165, 1.54) is 43.3 Å². The molecule has 7 heteroatoms. The summed E-state index contributed by atoms with van der Waals surface area (Å²) < 4.78 is 0. The fraction of sp³-hybridized carbons (Fsp3) is 0.412. The highest BCUT2D eigenvalue weighted by molar-refractivity contribution is 7.14. The molecule has 4 rings (SSSR count). The number of rotatable bonds is 5. The van der Waals surface area contributed by atoms with E-state index >= 15 is 0 Å². The van der Waals surface area contributed by atoms with E-state index in [4.69, 9.17) is 0 Å². The van der Waals surface area contributed by atoms with Crippen LogP contribution >= 0.6 is 11.3 Å². The highest BCUT2D eigenvalue weighted by Crippen LogP contribution is 2.30. The van der Waals surface area contributed by atoms with Crippen LogP contribution in [0.25, 0.3) is 22.4 Å². The van der Waals surface area contributed by atoms with E-state index in [1.807, 2.05) is 17.6 Å². The molecule has 1 fully saturated rings. The van der Waals surface area contributed by atoms with Gasteiger partial charge >= 0.3 is 0 Å². The maximum absolute atomic E-state index is 12.1. The summed E-state index contributed by atoms with van der Waals surface area (Å²) in [5, 5.41) is 6.39. The molecule has 2 N–H and O–H groups in total. The van der Waals surface area contributed by atoms with Gasteiger partial charge in [-0.2, -0.15) is 0 Å². The molecule has 3 aromatic heterocycles. The van der Waals surface area contributed by atoms with Crippen molar-refractivity contribution in [3.8, 4) is 11.4 Å². The molecule has 0 spiro atoms. The number of nitrogens with zero attached hydrogens (tertiary/aromatic N) is 3. The summed E-state index contributed by atoms with van der Waals surface area (Å²) in [4.78, 5) is 28.2. The van der Waals surface area contributed by atoms with Crippen LogP contribution in [0.15, 0.2) is 24.0 Å². The maximum atomic E-state index is 12.1. The minimum absolute atomic E-state index is 0.0530. The number of hydrogen-bond donors (Lipinski definition) is 2. The third-order valence-electron chi connectivity index (χ3n) is 4.60. The van der Waals surface area contributed by atoms with Crippen molar-refractivity contribution in [2.75, 3.05) is 5.32 Å². The summed E-state index contributed by atoms with van der Waals surface area (Å²) in [6.45, 7) is 0. The molecular formula is C17H19N5OS. The lowest BCUT2D eigenvalue weighted by Crippen LogP contribution is -2.12. The quantitative estimate of drug-likeness (QED) is 0.735. The minimum atomic E-state index is 0.0530. The summed E-state index contributed by atoms with van der Waals surface area (Å²) >= 11 is 1.43. The lowest BCUT2D eigenvalue weighted by molar-refractivity contribution is -0.116. The van der Waals surface area contributed by atoms with Crippen molar-refractivity contribution in [3.05, 3.63) is 24.0 Å². The average molecular weight is 341 g/mol. The molecule has 0 radical (unpaired) electrons. The lowest BCUT2D eigenvalue weighted by Gasteiger charge is -2.07. The lowest BCUT2D eigenvalue weighted by atomic mass is 10.0. The monoisotopic (exact) mass is 341 g/mol. The fourth-order valence-electron chi connectivity index (χ4n) is 3.33. The molecule has 3 heterocycles. The Bertz CT molecular complexity index is 849. The first-order chi connectivity index (χ1) is 11.8. The number of anilines is 1. The van der Waals surface area contributed by atoms with Gasteiger partial charge in [-0.05, 0) is 18.4 Å². The van der Waals surface area contributed by atoms with Gasteiger partial charge in [-0.25, -0.2) is 15.0 Å². The van der Waals surface area contributed by atoms with Gasteiger partial charge in [-0.3, -0.25) is 4.79 Å². The van der Waals surface area contributed by atoms with Gasteiger partial charge < -0.3 is 10.3 Å². The topological polar surface area (TPSA) is 83.6 Å². The molecule has 1 saturated carbocycles. The molecule has 6 nitrogen and oxygen atoms in total. The van der Waals surface area contributed by atoms with E-state index in [9.17, 15) is 4.79 Å². The molecule has 1 amide bonds. The van der Waals surface area contributed by atoms with E-state index in [0.717, 1.165) is 34.8 Å². The Balaban J connectivity index is 1.43. The predicted molar refractivity (Wildman–Crippen MR) is 94.8 cm³/mol. The van der Waals surface area contributed by atoms with Crippen molar-refractivity contribution in [2.45, 2.75) is 38.5 Å². The van der Waals surface area contributed by atoms with Crippen molar-refractivity contribution >= 4 is 33.4 Å². The second-order valence-electron chi connectivity index (χ2n) is 6.24. The van der Waals surface area contributed by atoms with E-state index in [0.29, 0.717) is 11.6 Å². The van der Waals surface area contributed by atoms with Gasteiger partial charge in [-0.1, -0.05) is 25.7 Å². The number of aromatic nitrogens is 4. The van der Waals surface area contributed by atoms with Crippen molar-refractivity contribution in [1.82, 2.24) is 19.9 Å². The van der Waals surface area contributed by atoms with Gasteiger partial charge in [0.1, 0.15) is 23.4 Å². The Kier molecular flexibility index (Phi) is 4.25. The summed E-state index contributed by atoms with van der Waals surface area (Å²) in [5.74, 6) is 0.780. The average Bonchev–Trinajstić information content (AvgIpc) is 3.33. The first kappa shape index (κ1) is 15.3. The van der Waals surface area contributed by atoms with Gasteiger partial charge in [0.2, 0.25) is 5.91 Å². The van der Waals surface area contributed by atoms with E-state index in [-0.39, 0.29) is 5.91 Å². The van der Waals surface area contributed by atoms with E-state index in [2.05, 4.69) is 25.3 Å². The van der Waals surface area contributed by atoms with Gasteiger partial charge in [0.05, 0.1) is 0 Å². The molecule has 3 aromatic rings. The van der Waals surface area contributed by atoms with Crippen LogP contribution in [-0.2, 0) is 4.79 Å². The predicted octanol–water partition coefficient (Wildman–Crippen LogP) is 3.99. The molecule has 24 heavy (non-hydrogen) atoms. The summed E-state index contributed by atoms with van der Waals surface area (Å²) in [6, 6.07) is 1.93. The van der Waals surface area contributed by atoms with Crippen molar-refractivity contribution < 1.29 is 4.79 Å². The Morgan fingerprint density at radius 2 is 2.21 bits per heavy atom. The standard InChI is InChI=1S/C17H19N5OS/c23-14(6-5-11-3-1-2-4-11)22-17-21-13(9-24-17)15-12-7-8-18-16(12)20-10-19-15/h7-11H,1-6H2,(H,18,19,20)(H,21,22,23). The summed E-state index contributed by atoms with van der Waals surface area (Å²) in [7, 11) is 0. The van der Waals surface area contributed by atoms with Gasteiger partial charge in [0.15, 0.2) is 5.13 Å². The third-order valence-corrected chi connectivity index (χ3v) is 5.36. The molecule has 0 atom stereocenters. The number of nitrogens with one attached hydrogen (secondary N) is 2. The van der Waals surface area contributed by atoms with Crippen LogP contribution in [0.4, 0.5) is 5.13 Å². The zero-order valence-electron chi connectivity index (χ0n) is 13.3.